The SMILES string of the molecule is C1CCN2CC3CC3C2C1. The van der Waals surface area contributed by atoms with Crippen LogP contribution in [0.15, 0.2) is 0 Å². The fourth-order valence-electron chi connectivity index (χ4n) is 2.98. The van der Waals surface area contributed by atoms with E-state index < -0.39 is 0 Å². The Kier molecular flexibility index (Phi) is 0.984. The zero-order valence-corrected chi connectivity index (χ0v) is 6.42. The van der Waals surface area contributed by atoms with Crippen LogP contribution in [-0.2, 0) is 0 Å². The van der Waals surface area contributed by atoms with Crippen molar-refractivity contribution in [3.63, 3.8) is 0 Å². The number of hydrogen-bond acceptors (Lipinski definition) is 1. The van der Waals surface area contributed by atoms with Crippen molar-refractivity contribution in [3.8, 4) is 0 Å². The Balaban J connectivity index is 1.80. The molecule has 3 fully saturated rings. The van der Waals surface area contributed by atoms with E-state index in [1.54, 1.807) is 6.42 Å². The molecule has 3 unspecified atom stereocenters. The van der Waals surface area contributed by atoms with E-state index in [1.165, 1.54) is 32.4 Å². The molecule has 10 heavy (non-hydrogen) atoms. The summed E-state index contributed by atoms with van der Waals surface area (Å²) in [5.74, 6) is 2.29. The molecule has 3 rings (SSSR count). The van der Waals surface area contributed by atoms with Crippen LogP contribution in [0.25, 0.3) is 0 Å². The van der Waals surface area contributed by atoms with E-state index in [9.17, 15) is 0 Å². The van der Waals surface area contributed by atoms with E-state index in [2.05, 4.69) is 4.90 Å². The van der Waals surface area contributed by atoms with Gasteiger partial charge in [0.2, 0.25) is 0 Å². The van der Waals surface area contributed by atoms with Crippen molar-refractivity contribution in [2.24, 2.45) is 11.8 Å². The first kappa shape index (κ1) is 5.59. The lowest BCUT2D eigenvalue weighted by molar-refractivity contribution is 0.169. The van der Waals surface area contributed by atoms with Crippen LogP contribution in [0.2, 0.25) is 0 Å². The lowest BCUT2D eigenvalue weighted by Gasteiger charge is -2.31. The lowest BCUT2D eigenvalue weighted by atomic mass is 10.0. The quantitative estimate of drug-likeness (QED) is 0.489. The van der Waals surface area contributed by atoms with Crippen LogP contribution in [0, 0.1) is 11.8 Å². The van der Waals surface area contributed by atoms with Crippen molar-refractivity contribution >= 4 is 0 Å². The van der Waals surface area contributed by atoms with Crippen LogP contribution < -0.4 is 0 Å². The van der Waals surface area contributed by atoms with E-state index in [4.69, 9.17) is 0 Å². The minimum Gasteiger partial charge on any atom is -0.300 e. The third-order valence-electron chi connectivity index (χ3n) is 3.60. The van der Waals surface area contributed by atoms with Gasteiger partial charge < -0.3 is 0 Å². The van der Waals surface area contributed by atoms with Gasteiger partial charge in [0.05, 0.1) is 0 Å². The molecule has 0 amide bonds. The average molecular weight is 137 g/mol. The maximum atomic E-state index is 2.74. The van der Waals surface area contributed by atoms with Gasteiger partial charge in [-0.2, -0.15) is 0 Å². The Labute approximate surface area is 62.4 Å². The molecule has 1 aliphatic carbocycles. The summed E-state index contributed by atoms with van der Waals surface area (Å²) in [5, 5.41) is 0. The molecule has 1 saturated carbocycles. The number of fused-ring (bicyclic) bond motifs is 3. The van der Waals surface area contributed by atoms with Gasteiger partial charge in [-0.05, 0) is 37.6 Å². The lowest BCUT2D eigenvalue weighted by Crippen LogP contribution is -2.37. The van der Waals surface area contributed by atoms with Gasteiger partial charge in [0.25, 0.3) is 0 Å². The molecule has 0 aromatic heterocycles. The molecule has 2 heterocycles. The largest absolute Gasteiger partial charge is 0.300 e. The predicted octanol–water partition coefficient (Wildman–Crippen LogP) is 1.49. The molecule has 0 spiro atoms. The van der Waals surface area contributed by atoms with Gasteiger partial charge in [-0.1, -0.05) is 6.42 Å². The topological polar surface area (TPSA) is 3.24 Å². The molecule has 0 radical (unpaired) electrons. The van der Waals surface area contributed by atoms with Gasteiger partial charge >= 0.3 is 0 Å². The molecule has 0 N–H and O–H groups in total. The van der Waals surface area contributed by atoms with E-state index in [0.717, 1.165) is 17.9 Å². The van der Waals surface area contributed by atoms with Crippen molar-refractivity contribution < 1.29 is 0 Å². The second-order valence-electron chi connectivity index (χ2n) is 4.22. The molecule has 2 saturated heterocycles. The average Bonchev–Trinajstić information content (AvgIpc) is 2.64. The van der Waals surface area contributed by atoms with Crippen molar-refractivity contribution in [2.45, 2.75) is 31.7 Å². The fraction of sp³-hybridized carbons (Fsp3) is 1.00. The zero-order valence-electron chi connectivity index (χ0n) is 6.42. The van der Waals surface area contributed by atoms with Crippen molar-refractivity contribution in [2.75, 3.05) is 13.1 Å². The highest BCUT2D eigenvalue weighted by molar-refractivity contribution is 5.04. The molecule has 56 valence electrons. The molecule has 3 atom stereocenters. The Morgan fingerprint density at radius 2 is 2.20 bits per heavy atom. The summed E-state index contributed by atoms with van der Waals surface area (Å²) in [5.41, 5.74) is 0. The molecular formula is C9H15N. The Bertz CT molecular complexity index is 155. The van der Waals surface area contributed by atoms with Crippen LogP contribution in [0.3, 0.4) is 0 Å². The highest BCUT2D eigenvalue weighted by Crippen LogP contribution is 2.51. The summed E-state index contributed by atoms with van der Waals surface area (Å²) in [6.07, 6.45) is 6.06. The Morgan fingerprint density at radius 1 is 1.20 bits per heavy atom. The van der Waals surface area contributed by atoms with Crippen LogP contribution in [0.4, 0.5) is 0 Å². The molecular weight excluding hydrogens is 122 g/mol. The van der Waals surface area contributed by atoms with Crippen LogP contribution in [0.1, 0.15) is 25.7 Å². The first-order valence-corrected chi connectivity index (χ1v) is 4.69. The molecule has 0 aromatic rings. The van der Waals surface area contributed by atoms with Gasteiger partial charge in [0.1, 0.15) is 0 Å². The van der Waals surface area contributed by atoms with Gasteiger partial charge in [-0.25, -0.2) is 0 Å². The summed E-state index contributed by atoms with van der Waals surface area (Å²) >= 11 is 0. The highest BCUT2D eigenvalue weighted by atomic mass is 15.2. The summed E-state index contributed by atoms with van der Waals surface area (Å²) in [4.78, 5) is 2.74. The summed E-state index contributed by atoms with van der Waals surface area (Å²) < 4.78 is 0. The monoisotopic (exact) mass is 137 g/mol. The van der Waals surface area contributed by atoms with E-state index in [-0.39, 0.29) is 0 Å². The number of rotatable bonds is 0. The molecule has 0 bridgehead atoms. The molecule has 2 aliphatic heterocycles. The van der Waals surface area contributed by atoms with Crippen molar-refractivity contribution in [3.05, 3.63) is 0 Å². The summed E-state index contributed by atoms with van der Waals surface area (Å²) in [6, 6.07) is 1.04. The van der Waals surface area contributed by atoms with E-state index in [0.29, 0.717) is 0 Å². The smallest absolute Gasteiger partial charge is 0.0127 e. The maximum absolute atomic E-state index is 2.74. The first-order valence-electron chi connectivity index (χ1n) is 4.69. The number of hydrogen-bond donors (Lipinski definition) is 0. The van der Waals surface area contributed by atoms with Crippen molar-refractivity contribution in [1.82, 2.24) is 4.90 Å². The Morgan fingerprint density at radius 3 is 3.10 bits per heavy atom. The van der Waals surface area contributed by atoms with Gasteiger partial charge in [-0.15, -0.1) is 0 Å². The normalized spacial score (nSPS) is 52.2. The summed E-state index contributed by atoms with van der Waals surface area (Å²) in [7, 11) is 0. The van der Waals surface area contributed by atoms with Crippen LogP contribution in [-0.4, -0.2) is 24.0 Å². The van der Waals surface area contributed by atoms with Gasteiger partial charge in [0.15, 0.2) is 0 Å². The van der Waals surface area contributed by atoms with Crippen LogP contribution in [0.5, 0.6) is 0 Å². The van der Waals surface area contributed by atoms with Crippen molar-refractivity contribution in [1.29, 1.82) is 0 Å². The summed E-state index contributed by atoms with van der Waals surface area (Å²) in [6.45, 7) is 2.87. The third-order valence-corrected chi connectivity index (χ3v) is 3.60. The fourth-order valence-corrected chi connectivity index (χ4v) is 2.98. The van der Waals surface area contributed by atoms with E-state index >= 15 is 0 Å². The van der Waals surface area contributed by atoms with Gasteiger partial charge in [-0.3, -0.25) is 4.90 Å². The highest BCUT2D eigenvalue weighted by Gasteiger charge is 2.52. The van der Waals surface area contributed by atoms with Crippen LogP contribution >= 0.6 is 0 Å². The third kappa shape index (κ3) is 0.619. The molecule has 1 nitrogen and oxygen atoms in total. The minimum absolute atomic E-state index is 1.04. The maximum Gasteiger partial charge on any atom is 0.0127 e. The predicted molar refractivity (Wildman–Crippen MR) is 40.8 cm³/mol. The second-order valence-corrected chi connectivity index (χ2v) is 4.22. The second kappa shape index (κ2) is 1.76. The number of piperidine rings is 2. The molecule has 0 aromatic carbocycles. The van der Waals surface area contributed by atoms with E-state index in [1.807, 2.05) is 0 Å². The zero-order chi connectivity index (χ0) is 6.55. The Hall–Kier alpha value is -0.0400. The molecule has 1 heteroatoms. The minimum atomic E-state index is 1.04. The number of nitrogens with zero attached hydrogens (tertiary/aromatic N) is 1. The van der Waals surface area contributed by atoms with Gasteiger partial charge in [0, 0.05) is 12.6 Å². The molecule has 3 aliphatic rings. The first-order chi connectivity index (χ1) is 4.95. The standard InChI is InChI=1S/C9H15N/c1-2-4-10-6-7-5-8(7)9(10)3-1/h7-9H,1-6H2.